The van der Waals surface area contributed by atoms with Gasteiger partial charge in [-0.3, -0.25) is 14.6 Å². The summed E-state index contributed by atoms with van der Waals surface area (Å²) in [6.07, 6.45) is 2.45. The first-order valence-electron chi connectivity index (χ1n) is 9.35. The highest BCUT2D eigenvalue weighted by molar-refractivity contribution is 5.94. The summed E-state index contributed by atoms with van der Waals surface area (Å²) in [6.45, 7) is 5.85. The number of carbonyl (C=O) groups is 1. The highest BCUT2D eigenvalue weighted by Gasteiger charge is 2.18. The molecule has 0 radical (unpaired) electrons. The van der Waals surface area contributed by atoms with E-state index in [4.69, 9.17) is 0 Å². The Kier molecular flexibility index (Phi) is 5.73. The van der Waals surface area contributed by atoms with E-state index in [0.29, 0.717) is 17.5 Å². The monoisotopic (exact) mass is 375 g/mol. The van der Waals surface area contributed by atoms with Gasteiger partial charge in [-0.25, -0.2) is 0 Å². The largest absolute Gasteiger partial charge is 0.339 e. The van der Waals surface area contributed by atoms with E-state index in [9.17, 15) is 9.59 Å². The van der Waals surface area contributed by atoms with Gasteiger partial charge in [-0.05, 0) is 62.2 Å². The lowest BCUT2D eigenvalue weighted by Gasteiger charge is -2.25. The summed E-state index contributed by atoms with van der Waals surface area (Å²) in [7, 11) is 1.80. The van der Waals surface area contributed by atoms with Gasteiger partial charge in [0.05, 0.1) is 0 Å². The molecule has 0 aliphatic rings. The summed E-state index contributed by atoms with van der Waals surface area (Å²) >= 11 is 0. The van der Waals surface area contributed by atoms with Crippen LogP contribution in [0.25, 0.3) is 11.1 Å². The van der Waals surface area contributed by atoms with Gasteiger partial charge in [-0.2, -0.15) is 0 Å². The highest BCUT2D eigenvalue weighted by Crippen LogP contribution is 2.19. The summed E-state index contributed by atoms with van der Waals surface area (Å²) in [5.74, 6) is -0.0519. The molecular weight excluding hydrogens is 350 g/mol. The molecule has 1 atom stereocenters. The molecule has 3 rings (SSSR count). The van der Waals surface area contributed by atoms with E-state index in [1.165, 1.54) is 0 Å². The van der Waals surface area contributed by atoms with Crippen LogP contribution in [0.5, 0.6) is 0 Å². The number of amides is 1. The Bertz CT molecular complexity index is 1020. The molecule has 5 heteroatoms. The molecule has 1 aromatic carbocycles. The molecule has 1 amide bonds. The van der Waals surface area contributed by atoms with Crippen molar-refractivity contribution in [3.05, 3.63) is 87.6 Å². The first-order chi connectivity index (χ1) is 13.4. The number of likely N-dealkylation sites (N-methyl/N-ethyl adjacent to an activating group) is 1. The Hall–Kier alpha value is -3.21. The van der Waals surface area contributed by atoms with Crippen molar-refractivity contribution in [1.29, 1.82) is 0 Å². The number of pyridine rings is 2. The predicted molar refractivity (Wildman–Crippen MR) is 111 cm³/mol. The third-order valence-corrected chi connectivity index (χ3v) is 5.15. The smallest absolute Gasteiger partial charge is 0.256 e. The van der Waals surface area contributed by atoms with Crippen molar-refractivity contribution < 1.29 is 4.79 Å². The normalized spacial score (nSPS) is 11.9. The van der Waals surface area contributed by atoms with Crippen LogP contribution < -0.4 is 5.56 Å². The van der Waals surface area contributed by atoms with Crippen LogP contribution in [0, 0.1) is 13.8 Å². The molecule has 0 unspecified atom stereocenters. The molecule has 1 N–H and O–H groups in total. The topological polar surface area (TPSA) is 66.1 Å². The molecule has 0 fully saturated rings. The van der Waals surface area contributed by atoms with E-state index < -0.39 is 0 Å². The Balaban J connectivity index is 1.76. The fraction of sp³-hybridized carbons (Fsp3) is 0.261. The number of nitrogens with one attached hydrogen (secondary N) is 1. The van der Waals surface area contributed by atoms with Crippen molar-refractivity contribution in [2.45, 2.75) is 33.2 Å². The molecule has 2 heterocycles. The predicted octanol–water partition coefficient (Wildman–Crippen LogP) is 3.76. The maximum absolute atomic E-state index is 12.8. The van der Waals surface area contributed by atoms with Crippen LogP contribution in [0.1, 0.15) is 34.2 Å². The van der Waals surface area contributed by atoms with Crippen molar-refractivity contribution >= 4 is 5.91 Å². The average molecular weight is 375 g/mol. The SMILES string of the molecule is Cc1cc(-c2ccc(C(=O)N(C)[C@H](C)Cc3ccccn3)cc2)c(=O)[nH]c1C. The maximum Gasteiger partial charge on any atom is 0.256 e. The van der Waals surface area contributed by atoms with Gasteiger partial charge in [0.25, 0.3) is 11.5 Å². The van der Waals surface area contributed by atoms with E-state index in [-0.39, 0.29) is 17.5 Å². The Morgan fingerprint density at radius 1 is 1.14 bits per heavy atom. The number of nitrogens with zero attached hydrogens (tertiary/aromatic N) is 2. The Morgan fingerprint density at radius 2 is 1.86 bits per heavy atom. The van der Waals surface area contributed by atoms with Gasteiger partial charge in [-0.1, -0.05) is 18.2 Å². The second kappa shape index (κ2) is 8.21. The lowest BCUT2D eigenvalue weighted by atomic mass is 10.0. The standard InChI is InChI=1S/C23H25N3O2/c1-15-13-21(22(27)25-17(15)3)18-8-10-19(11-9-18)23(28)26(4)16(2)14-20-7-5-6-12-24-20/h5-13,16H,14H2,1-4H3,(H,25,27)/t16-/m1/s1. The zero-order chi connectivity index (χ0) is 20.3. The number of aromatic amines is 1. The lowest BCUT2D eigenvalue weighted by Crippen LogP contribution is -2.36. The molecule has 28 heavy (non-hydrogen) atoms. The second-order valence-corrected chi connectivity index (χ2v) is 7.19. The van der Waals surface area contributed by atoms with Crippen molar-refractivity contribution in [1.82, 2.24) is 14.9 Å². The van der Waals surface area contributed by atoms with Crippen LogP contribution in [0.3, 0.4) is 0 Å². The number of aryl methyl sites for hydroxylation is 2. The van der Waals surface area contributed by atoms with Crippen LogP contribution >= 0.6 is 0 Å². The highest BCUT2D eigenvalue weighted by atomic mass is 16.2. The summed E-state index contributed by atoms with van der Waals surface area (Å²) in [5, 5.41) is 0. The summed E-state index contributed by atoms with van der Waals surface area (Å²) in [5.41, 5.74) is 4.73. The van der Waals surface area contributed by atoms with Gasteiger partial charge in [-0.15, -0.1) is 0 Å². The molecule has 0 bridgehead atoms. The summed E-state index contributed by atoms with van der Waals surface area (Å²) < 4.78 is 0. The first kappa shape index (κ1) is 19.5. The zero-order valence-corrected chi connectivity index (χ0v) is 16.7. The van der Waals surface area contributed by atoms with E-state index in [2.05, 4.69) is 9.97 Å². The minimum absolute atomic E-state index is 0.0182. The third kappa shape index (κ3) is 4.19. The molecule has 0 spiro atoms. The fourth-order valence-corrected chi connectivity index (χ4v) is 3.10. The average Bonchev–Trinajstić information content (AvgIpc) is 2.70. The van der Waals surface area contributed by atoms with Crippen LogP contribution in [-0.2, 0) is 6.42 Å². The van der Waals surface area contributed by atoms with Crippen molar-refractivity contribution in [2.75, 3.05) is 7.05 Å². The van der Waals surface area contributed by atoms with Crippen molar-refractivity contribution in [3.8, 4) is 11.1 Å². The molecule has 0 aliphatic carbocycles. The van der Waals surface area contributed by atoms with E-state index in [0.717, 1.165) is 22.5 Å². The number of hydrogen-bond donors (Lipinski definition) is 1. The van der Waals surface area contributed by atoms with Gasteiger partial charge in [0, 0.05) is 48.2 Å². The minimum Gasteiger partial charge on any atom is -0.339 e. The lowest BCUT2D eigenvalue weighted by molar-refractivity contribution is 0.0743. The molecule has 0 saturated heterocycles. The number of rotatable bonds is 5. The number of hydrogen-bond acceptors (Lipinski definition) is 3. The van der Waals surface area contributed by atoms with E-state index in [1.54, 1.807) is 30.3 Å². The van der Waals surface area contributed by atoms with Crippen LogP contribution in [0.4, 0.5) is 0 Å². The molecule has 0 aliphatic heterocycles. The van der Waals surface area contributed by atoms with E-state index in [1.807, 2.05) is 57.2 Å². The third-order valence-electron chi connectivity index (χ3n) is 5.15. The molecule has 144 valence electrons. The first-order valence-corrected chi connectivity index (χ1v) is 9.35. The molecule has 0 saturated carbocycles. The number of aromatic nitrogens is 2. The number of benzene rings is 1. The Morgan fingerprint density at radius 3 is 2.50 bits per heavy atom. The van der Waals surface area contributed by atoms with Crippen LogP contribution in [-0.4, -0.2) is 33.9 Å². The van der Waals surface area contributed by atoms with Crippen molar-refractivity contribution in [3.63, 3.8) is 0 Å². The van der Waals surface area contributed by atoms with E-state index >= 15 is 0 Å². The number of H-pyrrole nitrogens is 1. The van der Waals surface area contributed by atoms with Gasteiger partial charge < -0.3 is 9.88 Å². The molecule has 5 nitrogen and oxygen atoms in total. The van der Waals surface area contributed by atoms with Gasteiger partial charge >= 0.3 is 0 Å². The zero-order valence-electron chi connectivity index (χ0n) is 16.7. The van der Waals surface area contributed by atoms with Gasteiger partial charge in [0.15, 0.2) is 0 Å². The molecule has 3 aromatic rings. The fourth-order valence-electron chi connectivity index (χ4n) is 3.10. The summed E-state index contributed by atoms with van der Waals surface area (Å²) in [4.78, 5) is 34.0. The molecular formula is C23H25N3O2. The molecule has 2 aromatic heterocycles. The van der Waals surface area contributed by atoms with Gasteiger partial charge in [0.2, 0.25) is 0 Å². The minimum atomic E-state index is -0.122. The Labute approximate surface area is 165 Å². The van der Waals surface area contributed by atoms with Crippen LogP contribution in [0.2, 0.25) is 0 Å². The van der Waals surface area contributed by atoms with Gasteiger partial charge in [0.1, 0.15) is 0 Å². The number of carbonyl (C=O) groups excluding carboxylic acids is 1. The van der Waals surface area contributed by atoms with Crippen molar-refractivity contribution in [2.24, 2.45) is 0 Å². The summed E-state index contributed by atoms with van der Waals surface area (Å²) in [6, 6.07) is 14.9. The quantitative estimate of drug-likeness (QED) is 0.738. The van der Waals surface area contributed by atoms with Crippen LogP contribution in [0.15, 0.2) is 59.5 Å². The second-order valence-electron chi connectivity index (χ2n) is 7.19. The maximum atomic E-state index is 12.8.